The Labute approximate surface area is 144 Å². The molecule has 4 nitrogen and oxygen atoms in total. The summed E-state index contributed by atoms with van der Waals surface area (Å²) in [7, 11) is 0. The molecule has 2 aromatic heterocycles. The van der Waals surface area contributed by atoms with Crippen molar-refractivity contribution < 1.29 is 27.4 Å². The molecule has 2 heterocycles. The first kappa shape index (κ1) is 15.3. The van der Waals surface area contributed by atoms with Gasteiger partial charge in [0.1, 0.15) is 22.8 Å². The fourth-order valence-electron chi connectivity index (χ4n) is 2.09. The van der Waals surface area contributed by atoms with E-state index in [0.29, 0.717) is 11.8 Å². The first-order chi connectivity index (χ1) is 10.9. The van der Waals surface area contributed by atoms with Crippen molar-refractivity contribution in [3.05, 3.63) is 84.6 Å². The second-order valence-corrected chi connectivity index (χ2v) is 4.60. The van der Waals surface area contributed by atoms with Crippen LogP contribution < -0.4 is 0 Å². The minimum Gasteiger partial charge on any atom is -0.457 e. The summed E-state index contributed by atoms with van der Waals surface area (Å²) in [4.78, 5) is 8.59. The van der Waals surface area contributed by atoms with E-state index < -0.39 is 0 Å². The predicted octanol–water partition coefficient (Wildman–Crippen LogP) is 4.08. The summed E-state index contributed by atoms with van der Waals surface area (Å²) in [5.41, 5.74) is 3.10. The van der Waals surface area contributed by atoms with Gasteiger partial charge in [-0.15, -0.1) is 0 Å². The van der Waals surface area contributed by atoms with Crippen molar-refractivity contribution in [1.82, 2.24) is 9.97 Å². The monoisotopic (exact) mass is 337 g/mol. The van der Waals surface area contributed by atoms with Crippen molar-refractivity contribution in [2.45, 2.75) is 0 Å². The van der Waals surface area contributed by atoms with E-state index in [2.05, 4.69) is 22.1 Å². The minimum atomic E-state index is 0. The first-order valence-electron chi connectivity index (χ1n) is 6.78. The number of aromatic nitrogens is 2. The number of nitrogens with zero attached hydrogens (tertiary/aromatic N) is 2. The number of benzene rings is 2. The number of oxazole rings is 2. The zero-order valence-electron chi connectivity index (χ0n) is 11.9. The van der Waals surface area contributed by atoms with Gasteiger partial charge in [-0.05, 0) is 24.3 Å². The van der Waals surface area contributed by atoms with Crippen LogP contribution >= 0.6 is 0 Å². The van der Waals surface area contributed by atoms with Gasteiger partial charge < -0.3 is 21.0 Å². The molecule has 4 aromatic rings. The van der Waals surface area contributed by atoms with Crippen LogP contribution in [0.15, 0.2) is 69.5 Å². The average molecular weight is 337 g/mol. The minimum absolute atomic E-state index is 0. The van der Waals surface area contributed by atoms with Gasteiger partial charge in [0, 0.05) is 0 Å². The molecule has 0 amide bonds. The summed E-state index contributed by atoms with van der Waals surface area (Å²) >= 11 is 0. The maximum absolute atomic E-state index is 5.53. The molecule has 2 aromatic carbocycles. The molecule has 0 atom stereocenters. The Morgan fingerprint density at radius 1 is 0.696 bits per heavy atom. The normalized spacial score (nSPS) is 11.7. The molecular weight excluding hydrogens is 327 g/mol. The molecule has 0 saturated heterocycles. The maximum Gasteiger partial charge on any atom is 2.00 e. The number of hydrogen-bond donors (Lipinski definition) is 0. The standard InChI is InChI=1S/C18H10N2O2.V/c1-3-9-15-13(7-1)19-17(21-15)11-5-6-12-18-20-14-8-2-4-10-16(14)22-18;/h1-10H;/q-2;+2. The van der Waals surface area contributed by atoms with E-state index >= 15 is 0 Å². The van der Waals surface area contributed by atoms with Crippen LogP contribution in [0.1, 0.15) is 11.8 Å². The van der Waals surface area contributed by atoms with Crippen molar-refractivity contribution in [2.75, 3.05) is 0 Å². The number of rotatable bonds is 3. The number of fused-ring (bicyclic) bond motifs is 2. The van der Waals surface area contributed by atoms with Crippen molar-refractivity contribution in [2.24, 2.45) is 0 Å². The molecule has 0 N–H and O–H groups in total. The quantitative estimate of drug-likeness (QED) is 0.417. The fraction of sp³-hybridized carbons (Fsp3) is 0. The molecule has 0 fully saturated rings. The van der Waals surface area contributed by atoms with Gasteiger partial charge in [0.25, 0.3) is 0 Å². The number of hydrogen-bond acceptors (Lipinski definition) is 4. The number of para-hydroxylation sites is 4. The smallest absolute Gasteiger partial charge is 0.457 e. The first-order valence-corrected chi connectivity index (χ1v) is 6.78. The summed E-state index contributed by atoms with van der Waals surface area (Å²) < 4.78 is 11.1. The molecule has 0 spiro atoms. The van der Waals surface area contributed by atoms with Crippen LogP contribution in [0.3, 0.4) is 0 Å². The summed E-state index contributed by atoms with van der Waals surface area (Å²) in [6, 6.07) is 15.2. The molecule has 0 unspecified atom stereocenters. The Bertz CT molecular complexity index is 850. The Balaban J connectivity index is 0.00000156. The zero-order valence-corrected chi connectivity index (χ0v) is 13.3. The van der Waals surface area contributed by atoms with Gasteiger partial charge in [0.2, 0.25) is 0 Å². The van der Waals surface area contributed by atoms with Crippen LogP contribution in [-0.2, 0) is 18.6 Å². The molecule has 4 rings (SSSR count). The predicted molar refractivity (Wildman–Crippen MR) is 81.8 cm³/mol. The van der Waals surface area contributed by atoms with E-state index in [9.17, 15) is 0 Å². The summed E-state index contributed by atoms with van der Waals surface area (Å²) in [5, 5.41) is 0. The molecule has 109 valence electrons. The van der Waals surface area contributed by atoms with E-state index in [-0.39, 0.29) is 18.6 Å². The van der Waals surface area contributed by atoms with Crippen LogP contribution in [0.4, 0.5) is 0 Å². The molecule has 0 saturated carbocycles. The Hall–Kier alpha value is -2.56. The Morgan fingerprint density at radius 3 is 1.57 bits per heavy atom. The molecular formula is C18H10N2O2V. The summed E-state index contributed by atoms with van der Waals surface area (Å²) in [6.07, 6.45) is 9.23. The molecule has 0 aliphatic heterocycles. The van der Waals surface area contributed by atoms with Crippen molar-refractivity contribution in [3.63, 3.8) is 0 Å². The third-order valence-corrected chi connectivity index (χ3v) is 3.08. The van der Waals surface area contributed by atoms with Crippen LogP contribution in [0, 0.1) is 12.2 Å². The van der Waals surface area contributed by atoms with Gasteiger partial charge in [0.05, 0.1) is 0 Å². The van der Waals surface area contributed by atoms with Gasteiger partial charge in [-0.1, -0.05) is 24.3 Å². The van der Waals surface area contributed by atoms with Gasteiger partial charge in [-0.3, -0.25) is 12.2 Å². The van der Waals surface area contributed by atoms with Gasteiger partial charge in [-0.25, -0.2) is 9.97 Å². The molecule has 0 aliphatic carbocycles. The topological polar surface area (TPSA) is 52.1 Å². The van der Waals surface area contributed by atoms with Crippen LogP contribution in [0.5, 0.6) is 0 Å². The summed E-state index contributed by atoms with van der Waals surface area (Å²) in [6.45, 7) is 0. The van der Waals surface area contributed by atoms with E-state index in [1.165, 1.54) is 0 Å². The summed E-state index contributed by atoms with van der Waals surface area (Å²) in [5.74, 6) is 0.855. The third-order valence-electron chi connectivity index (χ3n) is 3.08. The van der Waals surface area contributed by atoms with Crippen LogP contribution in [-0.4, -0.2) is 9.97 Å². The Kier molecular flexibility index (Phi) is 4.46. The molecule has 1 radical (unpaired) electrons. The van der Waals surface area contributed by atoms with E-state index in [0.717, 1.165) is 22.2 Å². The van der Waals surface area contributed by atoms with E-state index in [1.807, 2.05) is 48.5 Å². The fourth-order valence-corrected chi connectivity index (χ4v) is 2.09. The molecule has 0 bridgehead atoms. The number of allylic oxidation sites excluding steroid dienone is 2. The van der Waals surface area contributed by atoms with Crippen molar-refractivity contribution in [3.8, 4) is 0 Å². The SMILES string of the molecule is [C-](=CC=[C-]c1nc2ccccc2o1)c1nc2ccccc2o1.[V+2]. The van der Waals surface area contributed by atoms with Crippen molar-refractivity contribution in [1.29, 1.82) is 0 Å². The van der Waals surface area contributed by atoms with Gasteiger partial charge >= 0.3 is 18.6 Å². The van der Waals surface area contributed by atoms with Gasteiger partial charge in [-0.2, -0.15) is 0 Å². The zero-order chi connectivity index (χ0) is 14.8. The largest absolute Gasteiger partial charge is 2.00 e. The van der Waals surface area contributed by atoms with E-state index in [4.69, 9.17) is 8.83 Å². The molecule has 0 aliphatic rings. The van der Waals surface area contributed by atoms with Gasteiger partial charge in [0.15, 0.2) is 11.2 Å². The van der Waals surface area contributed by atoms with E-state index in [1.54, 1.807) is 12.2 Å². The molecule has 23 heavy (non-hydrogen) atoms. The average Bonchev–Trinajstić information content (AvgIpc) is 3.14. The van der Waals surface area contributed by atoms with Crippen LogP contribution in [0.25, 0.3) is 22.2 Å². The van der Waals surface area contributed by atoms with Crippen molar-refractivity contribution >= 4 is 22.2 Å². The second-order valence-electron chi connectivity index (χ2n) is 4.60. The third kappa shape index (κ3) is 3.28. The molecule has 5 heteroatoms. The maximum atomic E-state index is 5.53. The van der Waals surface area contributed by atoms with Crippen LogP contribution in [0.2, 0.25) is 0 Å². The Morgan fingerprint density at radius 2 is 1.13 bits per heavy atom. The second kappa shape index (κ2) is 6.69.